The van der Waals surface area contributed by atoms with Gasteiger partial charge in [0.05, 0.1) is 22.9 Å². The van der Waals surface area contributed by atoms with Crippen molar-refractivity contribution in [1.29, 1.82) is 0 Å². The zero-order valence-corrected chi connectivity index (χ0v) is 8.93. The van der Waals surface area contributed by atoms with Crippen LogP contribution in [0.4, 0.5) is 0 Å². The first-order valence-corrected chi connectivity index (χ1v) is 5.27. The summed E-state index contributed by atoms with van der Waals surface area (Å²) in [6.45, 7) is 2.01. The summed E-state index contributed by atoms with van der Waals surface area (Å²) in [5.41, 5.74) is 2.16. The van der Waals surface area contributed by atoms with Crippen LogP contribution in [0.25, 0.3) is 0 Å². The lowest BCUT2D eigenvalue weighted by Gasteiger charge is -2.10. The molecule has 0 bridgehead atoms. The first-order valence-electron chi connectivity index (χ1n) is 4.39. The lowest BCUT2D eigenvalue weighted by molar-refractivity contribution is 0.674. The molecule has 0 aliphatic rings. The molecule has 4 nitrogen and oxygen atoms in total. The van der Waals surface area contributed by atoms with Crippen molar-refractivity contribution >= 4 is 11.3 Å². The fraction of sp³-hybridized carbons (Fsp3) is 0.333. The zero-order chi connectivity index (χ0) is 9.97. The zero-order valence-electron chi connectivity index (χ0n) is 8.11. The van der Waals surface area contributed by atoms with Gasteiger partial charge in [0.2, 0.25) is 0 Å². The molecule has 0 aliphatic heterocycles. The summed E-state index contributed by atoms with van der Waals surface area (Å²) in [4.78, 5) is 4.45. The topological polar surface area (TPSA) is 53.6 Å². The first kappa shape index (κ1) is 9.36. The SMILES string of the molecule is CNC(c1cn[nH]c1)c1csc(C)n1. The van der Waals surface area contributed by atoms with Gasteiger partial charge in [0.1, 0.15) is 0 Å². The van der Waals surface area contributed by atoms with Crippen molar-refractivity contribution in [1.82, 2.24) is 20.5 Å². The summed E-state index contributed by atoms with van der Waals surface area (Å²) in [5.74, 6) is 0. The van der Waals surface area contributed by atoms with E-state index in [1.54, 1.807) is 11.3 Å². The van der Waals surface area contributed by atoms with Crippen molar-refractivity contribution in [3.63, 3.8) is 0 Å². The van der Waals surface area contributed by atoms with Crippen molar-refractivity contribution in [2.24, 2.45) is 0 Å². The Morgan fingerprint density at radius 1 is 1.57 bits per heavy atom. The summed E-state index contributed by atoms with van der Waals surface area (Å²) >= 11 is 1.66. The number of aromatic amines is 1. The Labute approximate surface area is 86.4 Å². The van der Waals surface area contributed by atoms with E-state index in [2.05, 4.69) is 25.9 Å². The van der Waals surface area contributed by atoms with Crippen LogP contribution in [-0.2, 0) is 0 Å². The average Bonchev–Trinajstić information content (AvgIpc) is 2.79. The van der Waals surface area contributed by atoms with Gasteiger partial charge in [-0.2, -0.15) is 5.10 Å². The van der Waals surface area contributed by atoms with Gasteiger partial charge >= 0.3 is 0 Å². The quantitative estimate of drug-likeness (QED) is 0.803. The van der Waals surface area contributed by atoms with Gasteiger partial charge in [-0.05, 0) is 14.0 Å². The summed E-state index contributed by atoms with van der Waals surface area (Å²) in [6.07, 6.45) is 3.70. The number of H-pyrrole nitrogens is 1. The highest BCUT2D eigenvalue weighted by molar-refractivity contribution is 7.09. The molecule has 0 aliphatic carbocycles. The molecule has 0 aromatic carbocycles. The molecule has 0 fully saturated rings. The number of hydrogen-bond donors (Lipinski definition) is 2. The van der Waals surface area contributed by atoms with Crippen molar-refractivity contribution in [2.75, 3.05) is 7.05 Å². The fourth-order valence-corrected chi connectivity index (χ4v) is 2.06. The standard InChI is InChI=1S/C9H12N4S/c1-6-13-8(5-14-6)9(10-2)7-3-11-12-4-7/h3-5,9-10H,1-2H3,(H,11,12). The van der Waals surface area contributed by atoms with Crippen molar-refractivity contribution < 1.29 is 0 Å². The maximum atomic E-state index is 4.45. The third kappa shape index (κ3) is 1.69. The Kier molecular flexibility index (Phi) is 2.60. The van der Waals surface area contributed by atoms with Crippen LogP contribution in [0.3, 0.4) is 0 Å². The summed E-state index contributed by atoms with van der Waals surface area (Å²) in [7, 11) is 1.92. The first-order chi connectivity index (χ1) is 6.81. The molecule has 2 aromatic rings. The van der Waals surface area contributed by atoms with Gasteiger partial charge in [-0.15, -0.1) is 11.3 Å². The molecule has 0 amide bonds. The third-order valence-corrected chi connectivity index (χ3v) is 2.87. The highest BCUT2D eigenvalue weighted by atomic mass is 32.1. The molecular weight excluding hydrogens is 196 g/mol. The van der Waals surface area contributed by atoms with Gasteiger partial charge in [-0.3, -0.25) is 5.10 Å². The molecule has 14 heavy (non-hydrogen) atoms. The van der Waals surface area contributed by atoms with Crippen LogP contribution in [0.5, 0.6) is 0 Å². The highest BCUT2D eigenvalue weighted by Gasteiger charge is 2.15. The maximum absolute atomic E-state index is 4.45. The Balaban J connectivity index is 2.31. The minimum atomic E-state index is 0.138. The molecule has 2 N–H and O–H groups in total. The van der Waals surface area contributed by atoms with E-state index in [0.717, 1.165) is 16.3 Å². The molecule has 1 unspecified atom stereocenters. The lowest BCUT2D eigenvalue weighted by atomic mass is 10.1. The summed E-state index contributed by atoms with van der Waals surface area (Å²) < 4.78 is 0. The van der Waals surface area contributed by atoms with E-state index in [1.807, 2.05) is 26.4 Å². The fourth-order valence-electron chi connectivity index (χ4n) is 1.42. The number of nitrogens with one attached hydrogen (secondary N) is 2. The molecule has 2 aromatic heterocycles. The molecule has 2 rings (SSSR count). The Morgan fingerprint density at radius 2 is 2.43 bits per heavy atom. The molecule has 1 atom stereocenters. The van der Waals surface area contributed by atoms with E-state index < -0.39 is 0 Å². The summed E-state index contributed by atoms with van der Waals surface area (Å²) in [5, 5.41) is 13.1. The number of rotatable bonds is 3. The molecule has 5 heteroatoms. The maximum Gasteiger partial charge on any atom is 0.0898 e. The Bertz CT molecular complexity index is 393. The van der Waals surface area contributed by atoms with E-state index in [0.29, 0.717) is 0 Å². The average molecular weight is 208 g/mol. The van der Waals surface area contributed by atoms with Gasteiger partial charge in [-0.1, -0.05) is 0 Å². The number of aromatic nitrogens is 3. The van der Waals surface area contributed by atoms with Crippen LogP contribution in [0.1, 0.15) is 22.3 Å². The minimum Gasteiger partial charge on any atom is -0.308 e. The second kappa shape index (κ2) is 3.89. The van der Waals surface area contributed by atoms with Crippen molar-refractivity contribution in [2.45, 2.75) is 13.0 Å². The molecule has 0 radical (unpaired) electrons. The Hall–Kier alpha value is -1.20. The van der Waals surface area contributed by atoms with Gasteiger partial charge < -0.3 is 5.32 Å². The van der Waals surface area contributed by atoms with Gasteiger partial charge in [0.15, 0.2) is 0 Å². The predicted octanol–water partition coefficient (Wildman–Crippen LogP) is 1.48. The second-order valence-corrected chi connectivity index (χ2v) is 4.11. The predicted molar refractivity (Wildman–Crippen MR) is 56.3 cm³/mol. The molecular formula is C9H12N4S. The molecule has 74 valence electrons. The third-order valence-electron chi connectivity index (χ3n) is 2.07. The summed E-state index contributed by atoms with van der Waals surface area (Å²) in [6, 6.07) is 0.138. The number of aryl methyl sites for hydroxylation is 1. The lowest BCUT2D eigenvalue weighted by Crippen LogP contribution is -2.17. The second-order valence-electron chi connectivity index (χ2n) is 3.04. The highest BCUT2D eigenvalue weighted by Crippen LogP contribution is 2.21. The van der Waals surface area contributed by atoms with E-state index >= 15 is 0 Å². The largest absolute Gasteiger partial charge is 0.308 e. The van der Waals surface area contributed by atoms with E-state index in [9.17, 15) is 0 Å². The normalized spacial score (nSPS) is 13.0. The van der Waals surface area contributed by atoms with Crippen LogP contribution in [0.2, 0.25) is 0 Å². The van der Waals surface area contributed by atoms with Crippen LogP contribution >= 0.6 is 11.3 Å². The van der Waals surface area contributed by atoms with Gasteiger partial charge in [0, 0.05) is 17.1 Å². The van der Waals surface area contributed by atoms with E-state index in [-0.39, 0.29) is 6.04 Å². The van der Waals surface area contributed by atoms with Crippen molar-refractivity contribution in [3.8, 4) is 0 Å². The van der Waals surface area contributed by atoms with Gasteiger partial charge in [0.25, 0.3) is 0 Å². The van der Waals surface area contributed by atoms with Crippen LogP contribution in [0, 0.1) is 6.92 Å². The number of nitrogens with zero attached hydrogens (tertiary/aromatic N) is 2. The van der Waals surface area contributed by atoms with Crippen LogP contribution in [-0.4, -0.2) is 22.2 Å². The van der Waals surface area contributed by atoms with Crippen molar-refractivity contribution in [3.05, 3.63) is 34.0 Å². The number of thiazole rings is 1. The molecule has 0 spiro atoms. The van der Waals surface area contributed by atoms with E-state index in [1.165, 1.54) is 0 Å². The van der Waals surface area contributed by atoms with Crippen LogP contribution in [0.15, 0.2) is 17.8 Å². The monoisotopic (exact) mass is 208 g/mol. The molecule has 2 heterocycles. The molecule has 0 saturated carbocycles. The molecule has 0 saturated heterocycles. The minimum absolute atomic E-state index is 0.138. The Morgan fingerprint density at radius 3 is 2.93 bits per heavy atom. The van der Waals surface area contributed by atoms with E-state index in [4.69, 9.17) is 0 Å². The van der Waals surface area contributed by atoms with Gasteiger partial charge in [-0.25, -0.2) is 4.98 Å². The smallest absolute Gasteiger partial charge is 0.0898 e. The van der Waals surface area contributed by atoms with Crippen LogP contribution < -0.4 is 5.32 Å². The number of hydrogen-bond acceptors (Lipinski definition) is 4.